The standard InChI is InChI=1S/C18H22FN3O4/c1-18(6-7-22(2)10-18)9-20-16-14(17(23)24)15(26-21-16)11-4-5-12(19)13(8-11)25-3/h4-5,8H,6-7,9-10H2,1-3H3,(H,20,21)(H,23,24). The van der Waals surface area contributed by atoms with Crippen molar-refractivity contribution in [3.05, 3.63) is 29.6 Å². The van der Waals surface area contributed by atoms with E-state index in [1.165, 1.54) is 25.3 Å². The predicted octanol–water partition coefficient (Wildman–Crippen LogP) is 2.94. The van der Waals surface area contributed by atoms with Gasteiger partial charge in [0.25, 0.3) is 0 Å². The highest BCUT2D eigenvalue weighted by Crippen LogP contribution is 2.34. The zero-order valence-corrected chi connectivity index (χ0v) is 15.0. The van der Waals surface area contributed by atoms with Crippen molar-refractivity contribution in [2.45, 2.75) is 13.3 Å². The Labute approximate surface area is 150 Å². The number of halogens is 1. The fourth-order valence-corrected chi connectivity index (χ4v) is 3.32. The number of nitrogens with zero attached hydrogens (tertiary/aromatic N) is 2. The number of carboxylic acids is 1. The minimum atomic E-state index is -1.17. The first kappa shape index (κ1) is 18.2. The van der Waals surface area contributed by atoms with Crippen LogP contribution < -0.4 is 10.1 Å². The third-order valence-corrected chi connectivity index (χ3v) is 4.75. The number of benzene rings is 1. The summed E-state index contributed by atoms with van der Waals surface area (Å²) in [5.74, 6) is -1.46. The maximum absolute atomic E-state index is 13.6. The van der Waals surface area contributed by atoms with Crippen LogP contribution in [0.3, 0.4) is 0 Å². The van der Waals surface area contributed by atoms with Crippen molar-refractivity contribution < 1.29 is 23.6 Å². The Balaban J connectivity index is 1.88. The smallest absolute Gasteiger partial charge is 0.343 e. The minimum absolute atomic E-state index is 0.00579. The van der Waals surface area contributed by atoms with Crippen LogP contribution in [0.15, 0.2) is 22.7 Å². The molecule has 26 heavy (non-hydrogen) atoms. The van der Waals surface area contributed by atoms with Crippen LogP contribution in [0.25, 0.3) is 11.3 Å². The second-order valence-electron chi connectivity index (χ2n) is 7.04. The summed E-state index contributed by atoms with van der Waals surface area (Å²) in [4.78, 5) is 14.0. The van der Waals surface area contributed by atoms with Gasteiger partial charge in [0.2, 0.25) is 0 Å². The lowest BCUT2D eigenvalue weighted by molar-refractivity contribution is 0.0698. The molecule has 0 aliphatic carbocycles. The van der Waals surface area contributed by atoms with E-state index >= 15 is 0 Å². The molecule has 1 atom stereocenters. The highest BCUT2D eigenvalue weighted by atomic mass is 19.1. The number of carbonyl (C=O) groups is 1. The van der Waals surface area contributed by atoms with Crippen LogP contribution in [0.2, 0.25) is 0 Å². The lowest BCUT2D eigenvalue weighted by Crippen LogP contribution is -2.30. The maximum atomic E-state index is 13.6. The van der Waals surface area contributed by atoms with Gasteiger partial charge >= 0.3 is 5.97 Å². The lowest BCUT2D eigenvalue weighted by atomic mass is 9.90. The van der Waals surface area contributed by atoms with Crippen LogP contribution in [0, 0.1) is 11.2 Å². The van der Waals surface area contributed by atoms with E-state index in [0.29, 0.717) is 12.1 Å². The molecule has 7 nitrogen and oxygen atoms in total. The quantitative estimate of drug-likeness (QED) is 0.816. The SMILES string of the molecule is COc1cc(-c2onc(NCC3(C)CCN(C)C3)c2C(=O)O)ccc1F. The van der Waals surface area contributed by atoms with E-state index in [9.17, 15) is 14.3 Å². The van der Waals surface area contributed by atoms with E-state index < -0.39 is 11.8 Å². The lowest BCUT2D eigenvalue weighted by Gasteiger charge is -2.23. The van der Waals surface area contributed by atoms with Crippen molar-refractivity contribution in [3.8, 4) is 17.1 Å². The van der Waals surface area contributed by atoms with Gasteiger partial charge in [0.15, 0.2) is 28.7 Å². The molecule has 2 aromatic rings. The first-order valence-electron chi connectivity index (χ1n) is 8.32. The van der Waals surface area contributed by atoms with Crippen molar-refractivity contribution in [3.63, 3.8) is 0 Å². The molecule has 1 fully saturated rings. The summed E-state index contributed by atoms with van der Waals surface area (Å²) in [5.41, 5.74) is 0.338. The largest absolute Gasteiger partial charge is 0.494 e. The van der Waals surface area contributed by atoms with Gasteiger partial charge in [-0.15, -0.1) is 0 Å². The predicted molar refractivity (Wildman–Crippen MR) is 94.1 cm³/mol. The van der Waals surface area contributed by atoms with E-state index in [4.69, 9.17) is 9.26 Å². The highest BCUT2D eigenvalue weighted by molar-refractivity contribution is 5.99. The first-order chi connectivity index (χ1) is 12.3. The second kappa shape index (κ2) is 6.95. The molecule has 140 valence electrons. The number of ether oxygens (including phenoxy) is 1. The number of anilines is 1. The molecule has 8 heteroatoms. The Hall–Kier alpha value is -2.61. The zero-order valence-electron chi connectivity index (χ0n) is 15.0. The van der Waals surface area contributed by atoms with E-state index in [-0.39, 0.29) is 28.3 Å². The normalized spacial score (nSPS) is 20.3. The van der Waals surface area contributed by atoms with Crippen LogP contribution >= 0.6 is 0 Å². The Morgan fingerprint density at radius 2 is 2.31 bits per heavy atom. The summed E-state index contributed by atoms with van der Waals surface area (Å²) in [7, 11) is 3.40. The van der Waals surface area contributed by atoms with Crippen LogP contribution in [-0.2, 0) is 0 Å². The number of carboxylic acid groups (broad SMARTS) is 1. The Kier molecular flexibility index (Phi) is 4.86. The van der Waals surface area contributed by atoms with E-state index in [2.05, 4.69) is 29.3 Å². The molecular weight excluding hydrogens is 341 g/mol. The van der Waals surface area contributed by atoms with Crippen molar-refractivity contribution in [2.75, 3.05) is 39.1 Å². The molecule has 2 heterocycles. The molecule has 1 aromatic carbocycles. The van der Waals surface area contributed by atoms with Crippen molar-refractivity contribution in [1.82, 2.24) is 10.1 Å². The van der Waals surface area contributed by atoms with Gasteiger partial charge in [-0.3, -0.25) is 0 Å². The Bertz CT molecular complexity index is 823. The van der Waals surface area contributed by atoms with Crippen LogP contribution in [0.5, 0.6) is 5.75 Å². The summed E-state index contributed by atoms with van der Waals surface area (Å²) < 4.78 is 23.8. The molecule has 1 aromatic heterocycles. The van der Waals surface area contributed by atoms with Crippen LogP contribution in [-0.4, -0.2) is 54.9 Å². The zero-order chi connectivity index (χ0) is 18.9. The third kappa shape index (κ3) is 3.50. The van der Waals surface area contributed by atoms with Gasteiger partial charge in [0.05, 0.1) is 7.11 Å². The summed E-state index contributed by atoms with van der Waals surface area (Å²) in [6.45, 7) is 4.65. The first-order valence-corrected chi connectivity index (χ1v) is 8.32. The van der Waals surface area contributed by atoms with Crippen LogP contribution in [0.4, 0.5) is 10.2 Å². The molecule has 0 bridgehead atoms. The van der Waals surface area contributed by atoms with Gasteiger partial charge in [-0.2, -0.15) is 0 Å². The second-order valence-corrected chi connectivity index (χ2v) is 7.04. The van der Waals surface area contributed by atoms with Crippen molar-refractivity contribution in [2.24, 2.45) is 5.41 Å². The number of rotatable bonds is 6. The number of nitrogens with one attached hydrogen (secondary N) is 1. The Morgan fingerprint density at radius 1 is 1.54 bits per heavy atom. The number of methoxy groups -OCH3 is 1. The molecule has 1 aliphatic rings. The van der Waals surface area contributed by atoms with Gasteiger partial charge in [-0.05, 0) is 43.6 Å². The van der Waals surface area contributed by atoms with Crippen molar-refractivity contribution >= 4 is 11.8 Å². The van der Waals surface area contributed by atoms with Crippen LogP contribution in [0.1, 0.15) is 23.7 Å². The molecule has 0 saturated carbocycles. The fourth-order valence-electron chi connectivity index (χ4n) is 3.32. The molecule has 1 aliphatic heterocycles. The molecule has 1 unspecified atom stereocenters. The molecule has 0 amide bonds. The molecule has 1 saturated heterocycles. The summed E-state index contributed by atoms with van der Waals surface area (Å²) in [6, 6.07) is 4.02. The summed E-state index contributed by atoms with van der Waals surface area (Å²) in [6.07, 6.45) is 1.01. The minimum Gasteiger partial charge on any atom is -0.494 e. The average Bonchev–Trinajstić information content (AvgIpc) is 3.17. The number of aromatic nitrogens is 1. The van der Waals surface area contributed by atoms with Gasteiger partial charge in [0.1, 0.15) is 0 Å². The number of likely N-dealkylation sites (tertiary alicyclic amines) is 1. The molecular formula is C18H22FN3O4. The van der Waals surface area contributed by atoms with E-state index in [1.54, 1.807) is 0 Å². The molecule has 0 spiro atoms. The van der Waals surface area contributed by atoms with Gasteiger partial charge in [-0.1, -0.05) is 12.1 Å². The number of hydrogen-bond donors (Lipinski definition) is 2. The maximum Gasteiger partial charge on any atom is 0.343 e. The Morgan fingerprint density at radius 3 is 2.92 bits per heavy atom. The molecule has 3 rings (SSSR count). The number of aromatic carboxylic acids is 1. The summed E-state index contributed by atoms with van der Waals surface area (Å²) >= 11 is 0. The van der Waals surface area contributed by atoms with Gasteiger partial charge in [0, 0.05) is 18.7 Å². The molecule has 0 radical (unpaired) electrons. The summed E-state index contributed by atoms with van der Waals surface area (Å²) in [5, 5.41) is 16.6. The fraction of sp³-hybridized carbons (Fsp3) is 0.444. The van der Waals surface area contributed by atoms with Crippen molar-refractivity contribution in [1.29, 1.82) is 0 Å². The van der Waals surface area contributed by atoms with Gasteiger partial charge < -0.3 is 24.6 Å². The highest BCUT2D eigenvalue weighted by Gasteiger charge is 2.33. The van der Waals surface area contributed by atoms with E-state index in [0.717, 1.165) is 19.5 Å². The van der Waals surface area contributed by atoms with Gasteiger partial charge in [-0.25, -0.2) is 9.18 Å². The van der Waals surface area contributed by atoms with E-state index in [1.807, 2.05) is 0 Å². The molecule has 2 N–H and O–H groups in total. The number of hydrogen-bond acceptors (Lipinski definition) is 6. The monoisotopic (exact) mass is 363 g/mol. The topological polar surface area (TPSA) is 87.8 Å². The third-order valence-electron chi connectivity index (χ3n) is 4.75. The average molecular weight is 363 g/mol.